The Balaban J connectivity index is 1.45. The number of benzene rings is 2. The topological polar surface area (TPSA) is 135 Å². The number of sulfonamides is 1. The first-order valence-electron chi connectivity index (χ1n) is 12.6. The number of alkyl halides is 3. The SMILES string of the molecule is COC(=O)[C@H](Cc1ccc(NC(=O)c2c(Cl)cccc2Cl)cc1)NC(=O)C1CSCN1S(=O)(=O)c1ccc(C(F)(F)F)cn1. The highest BCUT2D eigenvalue weighted by atomic mass is 35.5. The third kappa shape index (κ3) is 7.64. The van der Waals surface area contributed by atoms with Gasteiger partial charge in [-0.2, -0.15) is 17.5 Å². The van der Waals surface area contributed by atoms with Gasteiger partial charge in [0.1, 0.15) is 12.1 Å². The van der Waals surface area contributed by atoms with E-state index in [9.17, 15) is 36.0 Å². The number of rotatable bonds is 9. The molecular formula is C27H23Cl2F3N4O6S2. The number of pyridine rings is 1. The van der Waals surface area contributed by atoms with E-state index in [0.29, 0.717) is 23.5 Å². The normalized spacial score (nSPS) is 16.3. The minimum atomic E-state index is -4.71. The van der Waals surface area contributed by atoms with Crippen molar-refractivity contribution >= 4 is 68.5 Å². The van der Waals surface area contributed by atoms with Crippen LogP contribution in [0.1, 0.15) is 21.5 Å². The summed E-state index contributed by atoms with van der Waals surface area (Å²) in [5.74, 6) is -2.26. The van der Waals surface area contributed by atoms with Crippen LogP contribution in [0.3, 0.4) is 0 Å². The molecule has 0 saturated carbocycles. The van der Waals surface area contributed by atoms with Gasteiger partial charge in [0.25, 0.3) is 15.9 Å². The summed E-state index contributed by atoms with van der Waals surface area (Å²) < 4.78 is 70.7. The van der Waals surface area contributed by atoms with Crippen LogP contribution in [0, 0.1) is 0 Å². The summed E-state index contributed by atoms with van der Waals surface area (Å²) in [6.45, 7) is 0. The van der Waals surface area contributed by atoms with Gasteiger partial charge in [0.2, 0.25) is 5.91 Å². The van der Waals surface area contributed by atoms with Crippen molar-refractivity contribution in [3.63, 3.8) is 0 Å². The molecular weight excluding hydrogens is 668 g/mol. The molecule has 2 aromatic carbocycles. The summed E-state index contributed by atoms with van der Waals surface area (Å²) >= 11 is 13.3. The number of aromatic nitrogens is 1. The number of nitrogens with zero attached hydrogens (tertiary/aromatic N) is 2. The molecule has 1 fully saturated rings. The second kappa shape index (κ2) is 13.7. The van der Waals surface area contributed by atoms with Crippen LogP contribution < -0.4 is 10.6 Å². The number of carbonyl (C=O) groups excluding carboxylic acids is 3. The lowest BCUT2D eigenvalue weighted by Crippen LogP contribution is -2.52. The molecule has 1 saturated heterocycles. The first kappa shape index (κ1) is 33.5. The Labute approximate surface area is 264 Å². The van der Waals surface area contributed by atoms with Crippen molar-refractivity contribution in [3.05, 3.63) is 87.5 Å². The number of carbonyl (C=O) groups is 3. The maximum atomic E-state index is 13.2. The Hall–Kier alpha value is -3.37. The van der Waals surface area contributed by atoms with E-state index in [-0.39, 0.29) is 33.7 Å². The van der Waals surface area contributed by atoms with Crippen LogP contribution in [0.5, 0.6) is 0 Å². The molecule has 3 aromatic rings. The summed E-state index contributed by atoms with van der Waals surface area (Å²) in [6, 6.07) is 9.82. The highest BCUT2D eigenvalue weighted by Gasteiger charge is 2.42. The van der Waals surface area contributed by atoms with Gasteiger partial charge in [-0.1, -0.05) is 41.4 Å². The number of halogens is 5. The van der Waals surface area contributed by atoms with Gasteiger partial charge in [0.15, 0.2) is 5.03 Å². The third-order valence-corrected chi connectivity index (χ3v) is 10.0. The van der Waals surface area contributed by atoms with E-state index < -0.39 is 56.7 Å². The Morgan fingerprint density at radius 2 is 1.75 bits per heavy atom. The lowest BCUT2D eigenvalue weighted by molar-refractivity contribution is -0.145. The van der Waals surface area contributed by atoms with Crippen molar-refractivity contribution in [2.75, 3.05) is 24.1 Å². The summed E-state index contributed by atoms with van der Waals surface area (Å²) in [5.41, 5.74) is -0.0609. The average molecular weight is 692 g/mol. The fourth-order valence-corrected chi connectivity index (χ4v) is 7.80. The molecule has 0 radical (unpaired) electrons. The predicted molar refractivity (Wildman–Crippen MR) is 158 cm³/mol. The van der Waals surface area contributed by atoms with E-state index in [2.05, 4.69) is 15.6 Å². The molecule has 1 aliphatic rings. The van der Waals surface area contributed by atoms with Crippen molar-refractivity contribution in [3.8, 4) is 0 Å². The summed E-state index contributed by atoms with van der Waals surface area (Å²) in [5, 5.41) is 4.88. The summed E-state index contributed by atoms with van der Waals surface area (Å²) in [6.07, 6.45) is -4.35. The zero-order chi connectivity index (χ0) is 32.2. The van der Waals surface area contributed by atoms with Gasteiger partial charge in [0, 0.05) is 24.1 Å². The average Bonchev–Trinajstić information content (AvgIpc) is 3.48. The van der Waals surface area contributed by atoms with Crippen molar-refractivity contribution in [1.82, 2.24) is 14.6 Å². The zero-order valence-electron chi connectivity index (χ0n) is 22.6. The van der Waals surface area contributed by atoms with Gasteiger partial charge in [-0.25, -0.2) is 18.2 Å². The second-order valence-corrected chi connectivity index (χ2v) is 13.0. The van der Waals surface area contributed by atoms with Crippen LogP contribution in [0.25, 0.3) is 0 Å². The van der Waals surface area contributed by atoms with E-state index >= 15 is 0 Å². The molecule has 0 spiro atoms. The van der Waals surface area contributed by atoms with Crippen LogP contribution in [0.15, 0.2) is 65.8 Å². The minimum Gasteiger partial charge on any atom is -0.467 e. The van der Waals surface area contributed by atoms with E-state index in [1.165, 1.54) is 12.1 Å². The van der Waals surface area contributed by atoms with E-state index in [0.717, 1.165) is 29.2 Å². The van der Waals surface area contributed by atoms with Crippen LogP contribution in [0.2, 0.25) is 10.0 Å². The smallest absolute Gasteiger partial charge is 0.417 e. The van der Waals surface area contributed by atoms with Gasteiger partial charge in [-0.15, -0.1) is 11.8 Å². The third-order valence-electron chi connectivity index (χ3n) is 6.42. The van der Waals surface area contributed by atoms with Crippen LogP contribution in [-0.4, -0.2) is 66.3 Å². The first-order chi connectivity index (χ1) is 20.7. The van der Waals surface area contributed by atoms with E-state index in [1.807, 2.05) is 0 Å². The Morgan fingerprint density at radius 1 is 1.09 bits per heavy atom. The van der Waals surface area contributed by atoms with Gasteiger partial charge in [0.05, 0.1) is 34.2 Å². The molecule has 2 atom stereocenters. The number of thioether (sulfide) groups is 1. The molecule has 0 bridgehead atoms. The second-order valence-electron chi connectivity index (χ2n) is 9.33. The maximum Gasteiger partial charge on any atom is 0.417 e. The van der Waals surface area contributed by atoms with E-state index in [4.69, 9.17) is 27.9 Å². The largest absolute Gasteiger partial charge is 0.467 e. The van der Waals surface area contributed by atoms with Crippen LogP contribution >= 0.6 is 35.0 Å². The predicted octanol–water partition coefficient (Wildman–Crippen LogP) is 4.62. The first-order valence-corrected chi connectivity index (χ1v) is 15.9. The molecule has 10 nitrogen and oxygen atoms in total. The van der Waals surface area contributed by atoms with Gasteiger partial charge in [-0.3, -0.25) is 9.59 Å². The number of esters is 1. The number of nitrogens with one attached hydrogen (secondary N) is 2. The van der Waals surface area contributed by atoms with Crippen molar-refractivity contribution in [2.45, 2.75) is 29.7 Å². The fraction of sp³-hybridized carbons (Fsp3) is 0.259. The molecule has 1 unspecified atom stereocenters. The van der Waals surface area contributed by atoms with Crippen LogP contribution in [0.4, 0.5) is 18.9 Å². The zero-order valence-corrected chi connectivity index (χ0v) is 25.7. The molecule has 4 rings (SSSR count). The molecule has 2 amide bonds. The number of anilines is 1. The molecule has 44 heavy (non-hydrogen) atoms. The van der Waals surface area contributed by atoms with Crippen LogP contribution in [-0.2, 0) is 36.9 Å². The number of hydrogen-bond acceptors (Lipinski definition) is 8. The highest BCUT2D eigenvalue weighted by molar-refractivity contribution is 8.00. The quantitative estimate of drug-likeness (QED) is 0.311. The van der Waals surface area contributed by atoms with Gasteiger partial charge < -0.3 is 15.4 Å². The molecule has 0 aliphatic carbocycles. The number of methoxy groups -OCH3 is 1. The Kier molecular flexibility index (Phi) is 10.5. The van der Waals surface area contributed by atoms with Crippen molar-refractivity contribution in [2.24, 2.45) is 0 Å². The van der Waals surface area contributed by atoms with Crippen molar-refractivity contribution < 1.29 is 40.7 Å². The molecule has 1 aromatic heterocycles. The lowest BCUT2D eigenvalue weighted by Gasteiger charge is -2.24. The fourth-order valence-electron chi connectivity index (χ4n) is 4.16. The monoisotopic (exact) mass is 690 g/mol. The molecule has 2 heterocycles. The molecule has 2 N–H and O–H groups in total. The lowest BCUT2D eigenvalue weighted by atomic mass is 10.0. The van der Waals surface area contributed by atoms with Gasteiger partial charge >= 0.3 is 12.1 Å². The van der Waals surface area contributed by atoms with Crippen molar-refractivity contribution in [1.29, 1.82) is 0 Å². The van der Waals surface area contributed by atoms with Gasteiger partial charge in [-0.05, 0) is 42.0 Å². The molecule has 234 valence electrons. The Bertz CT molecular complexity index is 1640. The van der Waals surface area contributed by atoms with E-state index in [1.54, 1.807) is 30.3 Å². The maximum absolute atomic E-state index is 13.2. The minimum absolute atomic E-state index is 0.0312. The number of ether oxygens (including phenoxy) is 1. The Morgan fingerprint density at radius 3 is 2.32 bits per heavy atom. The number of amides is 2. The highest BCUT2D eigenvalue weighted by Crippen LogP contribution is 2.31. The summed E-state index contributed by atoms with van der Waals surface area (Å²) in [7, 11) is -3.33. The number of hydrogen-bond donors (Lipinski definition) is 2. The molecule has 1 aliphatic heterocycles. The summed E-state index contributed by atoms with van der Waals surface area (Å²) in [4.78, 5) is 41.9. The molecule has 17 heteroatoms. The standard InChI is InChI=1S/C27H23Cl2F3N4O6S2/c1-42-26(39)20(11-15-5-8-17(9-6-15)34-25(38)23-18(28)3-2-4-19(23)29)35-24(37)21-13-43-14-36(21)44(40,41)22-10-7-16(12-33-22)27(30,31)32/h2-10,12,20-21H,11,13-14H2,1H3,(H,34,38)(H,35,37)/t20-,21?/m0/s1.